The average Bonchev–Trinajstić information content (AvgIpc) is 2.29. The lowest BCUT2D eigenvalue weighted by Gasteiger charge is -2.15. The van der Waals surface area contributed by atoms with Gasteiger partial charge in [0.05, 0.1) is 6.61 Å². The van der Waals surface area contributed by atoms with E-state index in [-0.39, 0.29) is 0 Å². The van der Waals surface area contributed by atoms with Crippen LogP contribution in [0.5, 0.6) is 5.75 Å². The number of halogens is 1. The van der Waals surface area contributed by atoms with E-state index in [4.69, 9.17) is 4.74 Å². The summed E-state index contributed by atoms with van der Waals surface area (Å²) in [6.45, 7) is 5.27. The molecule has 0 N–H and O–H groups in total. The third kappa shape index (κ3) is 5.02. The van der Waals surface area contributed by atoms with Gasteiger partial charge in [-0.1, -0.05) is 49.0 Å². The van der Waals surface area contributed by atoms with Crippen molar-refractivity contribution in [1.82, 2.24) is 0 Å². The molecule has 0 aliphatic heterocycles. The highest BCUT2D eigenvalue weighted by molar-refractivity contribution is 9.10. The molecule has 0 saturated carbocycles. The van der Waals surface area contributed by atoms with Gasteiger partial charge < -0.3 is 4.74 Å². The van der Waals surface area contributed by atoms with Gasteiger partial charge >= 0.3 is 0 Å². The molecule has 0 aliphatic rings. The van der Waals surface area contributed by atoms with Crippen molar-refractivity contribution < 1.29 is 4.74 Å². The van der Waals surface area contributed by atoms with E-state index in [1.807, 2.05) is 18.2 Å². The number of rotatable bonds is 7. The number of ether oxygens (including phenoxy) is 1. The first-order valence-electron chi connectivity index (χ1n) is 6.06. The SMILES string of the molecule is CCCCC(CC)COc1[c]ccc(Br)c1. The number of hydrogen-bond acceptors (Lipinski definition) is 1. The van der Waals surface area contributed by atoms with Crippen LogP contribution in [-0.2, 0) is 0 Å². The summed E-state index contributed by atoms with van der Waals surface area (Å²) in [4.78, 5) is 0. The highest BCUT2D eigenvalue weighted by Gasteiger charge is 2.06. The van der Waals surface area contributed by atoms with Crippen molar-refractivity contribution in [2.75, 3.05) is 6.61 Å². The topological polar surface area (TPSA) is 9.23 Å². The van der Waals surface area contributed by atoms with Gasteiger partial charge in [0, 0.05) is 10.5 Å². The summed E-state index contributed by atoms with van der Waals surface area (Å²) in [7, 11) is 0. The standard InChI is InChI=1S/C14H20BrO/c1-3-5-7-12(4-2)11-16-14-9-6-8-13(15)10-14/h6,8,10,12H,3-5,7,11H2,1-2H3. The van der Waals surface area contributed by atoms with E-state index in [0.29, 0.717) is 5.92 Å². The molecule has 0 bridgehead atoms. The fourth-order valence-electron chi connectivity index (χ4n) is 1.61. The quantitative estimate of drug-likeness (QED) is 0.695. The van der Waals surface area contributed by atoms with Crippen molar-refractivity contribution in [2.24, 2.45) is 5.92 Å². The molecule has 0 aliphatic carbocycles. The summed E-state index contributed by atoms with van der Waals surface area (Å²) >= 11 is 3.43. The van der Waals surface area contributed by atoms with Crippen LogP contribution in [0.2, 0.25) is 0 Å². The molecule has 1 aromatic rings. The van der Waals surface area contributed by atoms with Gasteiger partial charge in [-0.3, -0.25) is 0 Å². The molecule has 0 heterocycles. The van der Waals surface area contributed by atoms with Crippen LogP contribution in [0, 0.1) is 12.0 Å². The van der Waals surface area contributed by atoms with Crippen LogP contribution < -0.4 is 4.74 Å². The first-order valence-corrected chi connectivity index (χ1v) is 6.85. The molecule has 2 heteroatoms. The molecule has 0 amide bonds. The Morgan fingerprint density at radius 1 is 1.44 bits per heavy atom. The van der Waals surface area contributed by atoms with E-state index in [9.17, 15) is 0 Å². The predicted octanol–water partition coefficient (Wildman–Crippen LogP) is 4.84. The third-order valence-electron chi connectivity index (χ3n) is 2.75. The Kier molecular flexibility index (Phi) is 6.55. The Balaban J connectivity index is 2.37. The molecular formula is C14H20BrO. The molecule has 1 aromatic carbocycles. The van der Waals surface area contributed by atoms with E-state index in [2.05, 4.69) is 35.8 Å². The number of hydrogen-bond donors (Lipinski definition) is 0. The van der Waals surface area contributed by atoms with E-state index < -0.39 is 0 Å². The molecule has 89 valence electrons. The summed E-state index contributed by atoms with van der Waals surface area (Å²) in [6, 6.07) is 8.90. The first kappa shape index (κ1) is 13.6. The Bertz CT molecular complexity index is 299. The Morgan fingerprint density at radius 2 is 2.25 bits per heavy atom. The second-order valence-electron chi connectivity index (χ2n) is 4.10. The van der Waals surface area contributed by atoms with Gasteiger partial charge in [0.25, 0.3) is 0 Å². The van der Waals surface area contributed by atoms with Crippen LogP contribution in [0.3, 0.4) is 0 Å². The average molecular weight is 284 g/mol. The summed E-state index contributed by atoms with van der Waals surface area (Å²) in [5, 5.41) is 0. The van der Waals surface area contributed by atoms with E-state index in [1.165, 1.54) is 25.7 Å². The number of benzene rings is 1. The maximum absolute atomic E-state index is 5.75. The van der Waals surface area contributed by atoms with Gasteiger partial charge in [0.15, 0.2) is 0 Å². The fraction of sp³-hybridized carbons (Fsp3) is 0.571. The normalized spacial score (nSPS) is 12.4. The van der Waals surface area contributed by atoms with Crippen LogP contribution in [0.4, 0.5) is 0 Å². The maximum atomic E-state index is 5.75. The largest absolute Gasteiger partial charge is 0.493 e. The minimum Gasteiger partial charge on any atom is -0.493 e. The lowest BCUT2D eigenvalue weighted by molar-refractivity contribution is 0.233. The van der Waals surface area contributed by atoms with Crippen molar-refractivity contribution in [2.45, 2.75) is 39.5 Å². The summed E-state index contributed by atoms with van der Waals surface area (Å²) in [6.07, 6.45) is 5.01. The van der Waals surface area contributed by atoms with Crippen LogP contribution >= 0.6 is 15.9 Å². The van der Waals surface area contributed by atoms with Crippen LogP contribution in [0.25, 0.3) is 0 Å². The molecule has 0 saturated heterocycles. The van der Waals surface area contributed by atoms with Crippen LogP contribution in [0.15, 0.2) is 22.7 Å². The highest BCUT2D eigenvalue weighted by Crippen LogP contribution is 2.19. The van der Waals surface area contributed by atoms with Crippen molar-refractivity contribution in [1.29, 1.82) is 0 Å². The molecule has 0 fully saturated rings. The van der Waals surface area contributed by atoms with Gasteiger partial charge in [-0.15, -0.1) is 0 Å². The van der Waals surface area contributed by atoms with Crippen molar-refractivity contribution in [3.05, 3.63) is 28.7 Å². The molecule has 1 atom stereocenters. The Hall–Kier alpha value is -0.500. The van der Waals surface area contributed by atoms with Crippen LogP contribution in [-0.4, -0.2) is 6.61 Å². The summed E-state index contributed by atoms with van der Waals surface area (Å²) in [5.41, 5.74) is 0. The molecular weight excluding hydrogens is 264 g/mol. The van der Waals surface area contributed by atoms with Crippen molar-refractivity contribution in [3.8, 4) is 5.75 Å². The van der Waals surface area contributed by atoms with Gasteiger partial charge in [0.2, 0.25) is 0 Å². The molecule has 1 radical (unpaired) electrons. The monoisotopic (exact) mass is 283 g/mol. The predicted molar refractivity (Wildman–Crippen MR) is 71.8 cm³/mol. The first-order chi connectivity index (χ1) is 7.76. The number of unbranched alkanes of at least 4 members (excludes halogenated alkanes) is 1. The lowest BCUT2D eigenvalue weighted by Crippen LogP contribution is -2.11. The minimum absolute atomic E-state index is 0.673. The summed E-state index contributed by atoms with van der Waals surface area (Å²) in [5.74, 6) is 1.51. The Labute approximate surface area is 107 Å². The van der Waals surface area contributed by atoms with E-state index in [0.717, 1.165) is 16.8 Å². The zero-order valence-corrected chi connectivity index (χ0v) is 11.7. The molecule has 1 unspecified atom stereocenters. The third-order valence-corrected chi connectivity index (χ3v) is 3.25. The van der Waals surface area contributed by atoms with Gasteiger partial charge in [-0.05, 0) is 30.5 Å². The maximum Gasteiger partial charge on any atom is 0.128 e. The smallest absolute Gasteiger partial charge is 0.128 e. The Morgan fingerprint density at radius 3 is 2.88 bits per heavy atom. The lowest BCUT2D eigenvalue weighted by atomic mass is 10.0. The highest BCUT2D eigenvalue weighted by atomic mass is 79.9. The van der Waals surface area contributed by atoms with Crippen molar-refractivity contribution >= 4 is 15.9 Å². The van der Waals surface area contributed by atoms with Gasteiger partial charge in [0.1, 0.15) is 5.75 Å². The zero-order valence-electron chi connectivity index (χ0n) is 10.1. The second-order valence-corrected chi connectivity index (χ2v) is 5.01. The summed E-state index contributed by atoms with van der Waals surface area (Å²) < 4.78 is 6.80. The zero-order chi connectivity index (χ0) is 11.8. The van der Waals surface area contributed by atoms with Gasteiger partial charge in [-0.25, -0.2) is 0 Å². The molecule has 0 spiro atoms. The molecule has 1 nitrogen and oxygen atoms in total. The molecule has 0 aromatic heterocycles. The fourth-order valence-corrected chi connectivity index (χ4v) is 1.95. The minimum atomic E-state index is 0.673. The molecule has 16 heavy (non-hydrogen) atoms. The van der Waals surface area contributed by atoms with Crippen molar-refractivity contribution in [3.63, 3.8) is 0 Å². The molecule has 1 rings (SSSR count). The van der Waals surface area contributed by atoms with Crippen LogP contribution in [0.1, 0.15) is 39.5 Å². The van der Waals surface area contributed by atoms with E-state index >= 15 is 0 Å². The van der Waals surface area contributed by atoms with Gasteiger partial charge in [-0.2, -0.15) is 0 Å². The second kappa shape index (κ2) is 7.72. The van der Waals surface area contributed by atoms with E-state index in [1.54, 1.807) is 0 Å².